The lowest BCUT2D eigenvalue weighted by Crippen LogP contribution is -2.46. The quantitative estimate of drug-likeness (QED) is 0.0623. The summed E-state index contributed by atoms with van der Waals surface area (Å²) in [6, 6.07) is 0. The molecular formula is C44H90O. The molecule has 0 rings (SSSR count). The van der Waals surface area contributed by atoms with Crippen LogP contribution in [0.1, 0.15) is 261 Å². The van der Waals surface area contributed by atoms with E-state index in [-0.39, 0.29) is 11.2 Å². The first kappa shape index (κ1) is 45.0. The summed E-state index contributed by atoms with van der Waals surface area (Å²) in [6.45, 7) is 19.2. The Morgan fingerprint density at radius 1 is 0.356 bits per heavy atom. The first-order valence-electron chi connectivity index (χ1n) is 21.6. The second-order valence-corrected chi connectivity index (χ2v) is 15.9. The topological polar surface area (TPSA) is 9.23 Å². The molecule has 0 saturated heterocycles. The van der Waals surface area contributed by atoms with Crippen LogP contribution in [-0.2, 0) is 4.74 Å². The smallest absolute Gasteiger partial charge is 0.0690 e. The first-order valence-corrected chi connectivity index (χ1v) is 21.6. The molecule has 272 valence electrons. The van der Waals surface area contributed by atoms with Gasteiger partial charge in [0.15, 0.2) is 0 Å². The Morgan fingerprint density at radius 3 is 0.822 bits per heavy atom. The summed E-state index contributed by atoms with van der Waals surface area (Å²) in [5.41, 5.74) is 0.128. The molecule has 0 aromatic rings. The van der Waals surface area contributed by atoms with Gasteiger partial charge in [0.2, 0.25) is 0 Å². The second-order valence-electron chi connectivity index (χ2n) is 15.9. The van der Waals surface area contributed by atoms with Crippen LogP contribution in [0, 0.1) is 11.8 Å². The third-order valence-corrected chi connectivity index (χ3v) is 11.5. The molecule has 0 N–H and O–H groups in total. The molecule has 4 unspecified atom stereocenters. The molecule has 0 saturated carbocycles. The van der Waals surface area contributed by atoms with Crippen molar-refractivity contribution in [3.63, 3.8) is 0 Å². The Hall–Kier alpha value is -0.0400. The van der Waals surface area contributed by atoms with Crippen LogP contribution in [0.25, 0.3) is 0 Å². The van der Waals surface area contributed by atoms with Crippen LogP contribution in [0.3, 0.4) is 0 Å². The van der Waals surface area contributed by atoms with E-state index >= 15 is 0 Å². The lowest BCUT2D eigenvalue weighted by molar-refractivity contribution is -0.185. The second kappa shape index (κ2) is 31.2. The summed E-state index contributed by atoms with van der Waals surface area (Å²) in [7, 11) is 0. The highest BCUT2D eigenvalue weighted by atomic mass is 16.5. The van der Waals surface area contributed by atoms with Crippen molar-refractivity contribution in [2.45, 2.75) is 272 Å². The maximum absolute atomic E-state index is 7.67. The lowest BCUT2D eigenvalue weighted by Gasteiger charge is -2.46. The zero-order chi connectivity index (χ0) is 33.5. The minimum atomic E-state index is 0.0640. The molecule has 0 fully saturated rings. The highest BCUT2D eigenvalue weighted by Crippen LogP contribution is 2.42. The molecule has 0 bridgehead atoms. The third kappa shape index (κ3) is 24.7. The van der Waals surface area contributed by atoms with Crippen molar-refractivity contribution in [2.75, 3.05) is 0 Å². The lowest BCUT2D eigenvalue weighted by atomic mass is 9.79. The summed E-state index contributed by atoms with van der Waals surface area (Å²) < 4.78 is 7.67. The van der Waals surface area contributed by atoms with E-state index in [1.54, 1.807) is 0 Å². The third-order valence-electron chi connectivity index (χ3n) is 11.5. The van der Waals surface area contributed by atoms with E-state index in [9.17, 15) is 0 Å². The molecule has 0 aliphatic rings. The molecule has 0 spiro atoms. The zero-order valence-electron chi connectivity index (χ0n) is 33.2. The first-order chi connectivity index (χ1) is 21.9. The van der Waals surface area contributed by atoms with Crippen molar-refractivity contribution in [1.29, 1.82) is 0 Å². The molecule has 0 aromatic heterocycles. The van der Waals surface area contributed by atoms with E-state index in [2.05, 4.69) is 55.4 Å². The fraction of sp³-hybridized carbons (Fsp3) is 1.00. The minimum absolute atomic E-state index is 0.0640. The van der Waals surface area contributed by atoms with Gasteiger partial charge in [-0.25, -0.2) is 0 Å². The SMILES string of the molecule is CCCCCCCCCCCCCCC(CC)(CC(C)CC)OC(CC)(CCCCCCCCCCCCCC)CC(C)CC. The molecule has 1 heteroatoms. The van der Waals surface area contributed by atoms with Gasteiger partial charge in [0.1, 0.15) is 0 Å². The van der Waals surface area contributed by atoms with Crippen LogP contribution in [0.4, 0.5) is 0 Å². The Morgan fingerprint density at radius 2 is 0.600 bits per heavy atom. The van der Waals surface area contributed by atoms with Crippen LogP contribution in [-0.4, -0.2) is 11.2 Å². The maximum Gasteiger partial charge on any atom is 0.0690 e. The maximum atomic E-state index is 7.67. The number of hydrogen-bond donors (Lipinski definition) is 0. The minimum Gasteiger partial charge on any atom is -0.369 e. The highest BCUT2D eigenvalue weighted by Gasteiger charge is 2.40. The Balaban J connectivity index is 4.91. The molecular weight excluding hydrogens is 544 g/mol. The van der Waals surface area contributed by atoms with Crippen LogP contribution < -0.4 is 0 Å². The predicted octanol–water partition coefficient (Wildman–Crippen LogP) is 16.4. The van der Waals surface area contributed by atoms with Gasteiger partial charge in [0.05, 0.1) is 11.2 Å². The molecule has 1 nitrogen and oxygen atoms in total. The molecule has 0 radical (unpaired) electrons. The highest BCUT2D eigenvalue weighted by molar-refractivity contribution is 4.90. The fourth-order valence-electron chi connectivity index (χ4n) is 7.77. The van der Waals surface area contributed by atoms with E-state index in [4.69, 9.17) is 4.74 Å². The molecule has 45 heavy (non-hydrogen) atoms. The average molecular weight is 635 g/mol. The van der Waals surface area contributed by atoms with E-state index < -0.39 is 0 Å². The van der Waals surface area contributed by atoms with Crippen molar-refractivity contribution >= 4 is 0 Å². The van der Waals surface area contributed by atoms with Gasteiger partial charge in [0.25, 0.3) is 0 Å². The van der Waals surface area contributed by atoms with Gasteiger partial charge in [-0.3, -0.25) is 0 Å². The van der Waals surface area contributed by atoms with E-state index in [0.717, 1.165) is 11.8 Å². The van der Waals surface area contributed by atoms with Crippen LogP contribution in [0.15, 0.2) is 0 Å². The summed E-state index contributed by atoms with van der Waals surface area (Å²) in [5, 5.41) is 0. The van der Waals surface area contributed by atoms with Gasteiger partial charge >= 0.3 is 0 Å². The molecule has 0 aliphatic heterocycles. The van der Waals surface area contributed by atoms with Crippen molar-refractivity contribution in [3.8, 4) is 0 Å². The van der Waals surface area contributed by atoms with Gasteiger partial charge in [-0.1, -0.05) is 222 Å². The molecule has 0 amide bonds. The van der Waals surface area contributed by atoms with Crippen LogP contribution in [0.2, 0.25) is 0 Å². The fourth-order valence-corrected chi connectivity index (χ4v) is 7.77. The summed E-state index contributed by atoms with van der Waals surface area (Å²) in [4.78, 5) is 0. The van der Waals surface area contributed by atoms with Gasteiger partial charge in [-0.15, -0.1) is 0 Å². The number of ether oxygens (including phenoxy) is 1. The molecule has 0 aliphatic carbocycles. The molecule has 0 aromatic carbocycles. The predicted molar refractivity (Wildman–Crippen MR) is 207 cm³/mol. The van der Waals surface area contributed by atoms with E-state index in [1.165, 1.54) is 205 Å². The van der Waals surface area contributed by atoms with Crippen molar-refractivity contribution in [2.24, 2.45) is 11.8 Å². The van der Waals surface area contributed by atoms with E-state index in [0.29, 0.717) is 0 Å². The normalized spacial score (nSPS) is 16.0. The summed E-state index contributed by atoms with van der Waals surface area (Å²) in [5.74, 6) is 1.49. The average Bonchev–Trinajstić information content (AvgIpc) is 3.05. The van der Waals surface area contributed by atoms with Gasteiger partial charge in [-0.05, 0) is 50.4 Å². The largest absolute Gasteiger partial charge is 0.369 e. The Kier molecular flexibility index (Phi) is 31.2. The van der Waals surface area contributed by atoms with E-state index in [1.807, 2.05) is 0 Å². The molecule has 4 atom stereocenters. The number of hydrogen-bond acceptors (Lipinski definition) is 1. The van der Waals surface area contributed by atoms with Gasteiger partial charge in [-0.2, -0.15) is 0 Å². The van der Waals surface area contributed by atoms with Crippen molar-refractivity contribution < 1.29 is 4.74 Å². The Labute approximate surface area is 288 Å². The number of rotatable bonds is 36. The Bertz CT molecular complexity index is 536. The van der Waals surface area contributed by atoms with Crippen molar-refractivity contribution in [3.05, 3.63) is 0 Å². The summed E-state index contributed by atoms with van der Waals surface area (Å²) in [6.07, 6.45) is 44.2. The zero-order valence-corrected chi connectivity index (χ0v) is 33.2. The van der Waals surface area contributed by atoms with Crippen LogP contribution in [0.5, 0.6) is 0 Å². The monoisotopic (exact) mass is 635 g/mol. The van der Waals surface area contributed by atoms with Gasteiger partial charge in [0, 0.05) is 0 Å². The standard InChI is InChI=1S/C44H90O/c1-9-15-17-19-21-23-25-27-29-31-33-35-37-43(13-5,39-41(7)11-3)45-44(14-6,40-42(8)12-4)38-36-34-32-30-28-26-24-22-20-18-16-10-2/h41-42H,9-40H2,1-8H3. The van der Waals surface area contributed by atoms with Gasteiger partial charge < -0.3 is 4.74 Å². The van der Waals surface area contributed by atoms with Crippen molar-refractivity contribution in [1.82, 2.24) is 0 Å². The number of unbranched alkanes of at least 4 members (excludes halogenated alkanes) is 22. The van der Waals surface area contributed by atoms with Crippen LogP contribution >= 0.6 is 0 Å². The molecule has 0 heterocycles. The summed E-state index contributed by atoms with van der Waals surface area (Å²) >= 11 is 0.